The van der Waals surface area contributed by atoms with E-state index in [0.717, 1.165) is 38.0 Å². The van der Waals surface area contributed by atoms with E-state index in [2.05, 4.69) is 54.4 Å². The molecule has 4 heteroatoms. The van der Waals surface area contributed by atoms with Gasteiger partial charge in [0.15, 0.2) is 0 Å². The Balaban J connectivity index is 1.47. The first-order valence-electron chi connectivity index (χ1n) is 8.77. The maximum absolute atomic E-state index is 12.4. The van der Waals surface area contributed by atoms with Crippen LogP contribution in [0.25, 0.3) is 0 Å². The van der Waals surface area contributed by atoms with E-state index in [9.17, 15) is 4.79 Å². The van der Waals surface area contributed by atoms with E-state index in [1.54, 1.807) is 11.3 Å². The Morgan fingerprint density at radius 1 is 1.25 bits per heavy atom. The molecule has 0 spiro atoms. The van der Waals surface area contributed by atoms with Crippen molar-refractivity contribution in [1.29, 1.82) is 0 Å². The molecule has 2 heterocycles. The second-order valence-corrected chi connectivity index (χ2v) is 7.84. The van der Waals surface area contributed by atoms with Crippen LogP contribution in [0.1, 0.15) is 53.4 Å². The number of hydrogen-bond acceptors (Lipinski definition) is 3. The minimum atomic E-state index is 0.0830. The molecule has 3 rings (SSSR count). The number of likely N-dealkylation sites (tertiary alicyclic amines) is 1. The minimum Gasteiger partial charge on any atom is -0.349 e. The molecule has 0 unspecified atom stereocenters. The van der Waals surface area contributed by atoms with E-state index < -0.39 is 0 Å². The zero-order valence-electron chi connectivity index (χ0n) is 14.5. The van der Waals surface area contributed by atoms with Gasteiger partial charge < -0.3 is 5.32 Å². The van der Waals surface area contributed by atoms with Gasteiger partial charge in [0.25, 0.3) is 5.91 Å². The van der Waals surface area contributed by atoms with Crippen LogP contribution < -0.4 is 5.32 Å². The van der Waals surface area contributed by atoms with Gasteiger partial charge in [-0.2, -0.15) is 0 Å². The Morgan fingerprint density at radius 2 is 1.96 bits per heavy atom. The van der Waals surface area contributed by atoms with E-state index in [1.165, 1.54) is 10.4 Å². The van der Waals surface area contributed by atoms with Crippen molar-refractivity contribution in [3.8, 4) is 0 Å². The van der Waals surface area contributed by atoms with Gasteiger partial charge in [-0.25, -0.2) is 0 Å². The number of piperidine rings is 1. The number of thiophene rings is 1. The summed E-state index contributed by atoms with van der Waals surface area (Å²) in [6, 6.07) is 12.9. The molecule has 1 aliphatic heterocycles. The molecule has 3 nitrogen and oxygen atoms in total. The van der Waals surface area contributed by atoms with Gasteiger partial charge in [-0.1, -0.05) is 44.2 Å². The van der Waals surface area contributed by atoms with Crippen molar-refractivity contribution in [2.45, 2.75) is 45.2 Å². The second kappa shape index (κ2) is 7.95. The van der Waals surface area contributed by atoms with E-state index in [1.807, 2.05) is 11.4 Å². The summed E-state index contributed by atoms with van der Waals surface area (Å²) in [4.78, 5) is 16.2. The van der Waals surface area contributed by atoms with Crippen LogP contribution in [0.2, 0.25) is 0 Å². The summed E-state index contributed by atoms with van der Waals surface area (Å²) >= 11 is 1.68. The summed E-state index contributed by atoms with van der Waals surface area (Å²) < 4.78 is 0. The summed E-state index contributed by atoms with van der Waals surface area (Å²) in [5, 5.41) is 5.19. The lowest BCUT2D eigenvalue weighted by molar-refractivity contribution is 0.0909. The minimum absolute atomic E-state index is 0.0830. The number of benzene rings is 1. The molecule has 0 saturated carbocycles. The van der Waals surface area contributed by atoms with Gasteiger partial charge in [-0.3, -0.25) is 9.69 Å². The van der Waals surface area contributed by atoms with Crippen LogP contribution in [0.4, 0.5) is 0 Å². The van der Waals surface area contributed by atoms with Crippen molar-refractivity contribution in [2.75, 3.05) is 13.1 Å². The average Bonchev–Trinajstić information content (AvgIpc) is 3.08. The number of nitrogens with one attached hydrogen (secondary N) is 1. The molecule has 0 radical (unpaired) electrons. The lowest BCUT2D eigenvalue weighted by atomic mass is 10.0. The highest BCUT2D eigenvalue weighted by atomic mass is 32.1. The molecule has 1 N–H and O–H groups in total. The van der Waals surface area contributed by atoms with Gasteiger partial charge in [0.2, 0.25) is 0 Å². The maximum atomic E-state index is 12.4. The lowest BCUT2D eigenvalue weighted by Gasteiger charge is -2.32. The SMILES string of the molecule is CC(C)c1cc(C(=O)NC2CCN(Cc3ccccc3)CC2)cs1. The third-order valence-corrected chi connectivity index (χ3v) is 5.86. The molecule has 1 aliphatic rings. The number of nitrogens with zero attached hydrogens (tertiary/aromatic N) is 1. The van der Waals surface area contributed by atoms with Crippen LogP contribution in [0.15, 0.2) is 41.8 Å². The van der Waals surface area contributed by atoms with Crippen LogP contribution in [0, 0.1) is 0 Å². The maximum Gasteiger partial charge on any atom is 0.252 e. The number of carbonyl (C=O) groups excluding carboxylic acids is 1. The van der Waals surface area contributed by atoms with Gasteiger partial charge in [0, 0.05) is 35.9 Å². The standard InChI is InChI=1S/C20H26N2OS/c1-15(2)19-12-17(14-24-19)20(23)21-18-8-10-22(11-9-18)13-16-6-4-3-5-7-16/h3-7,12,14-15,18H,8-11,13H2,1-2H3,(H,21,23). The van der Waals surface area contributed by atoms with Gasteiger partial charge >= 0.3 is 0 Å². The van der Waals surface area contributed by atoms with E-state index >= 15 is 0 Å². The molecule has 2 aromatic rings. The van der Waals surface area contributed by atoms with Crippen molar-refractivity contribution < 1.29 is 4.79 Å². The molecule has 1 fully saturated rings. The highest BCUT2D eigenvalue weighted by Crippen LogP contribution is 2.23. The fourth-order valence-electron chi connectivity index (χ4n) is 3.12. The normalized spacial score (nSPS) is 16.5. The van der Waals surface area contributed by atoms with Crippen LogP contribution in [0.5, 0.6) is 0 Å². The van der Waals surface area contributed by atoms with Crippen molar-refractivity contribution >= 4 is 17.2 Å². The Morgan fingerprint density at radius 3 is 2.58 bits per heavy atom. The van der Waals surface area contributed by atoms with E-state index in [-0.39, 0.29) is 5.91 Å². The molecule has 1 saturated heterocycles. The Hall–Kier alpha value is -1.65. The van der Waals surface area contributed by atoms with Gasteiger partial charge in [0.05, 0.1) is 5.56 Å². The summed E-state index contributed by atoms with van der Waals surface area (Å²) in [5.41, 5.74) is 2.18. The molecular formula is C20H26N2OS. The van der Waals surface area contributed by atoms with Crippen LogP contribution in [-0.4, -0.2) is 29.9 Å². The average molecular weight is 343 g/mol. The highest BCUT2D eigenvalue weighted by molar-refractivity contribution is 7.10. The first kappa shape index (κ1) is 17.2. The van der Waals surface area contributed by atoms with Crippen molar-refractivity contribution in [3.05, 3.63) is 57.8 Å². The lowest BCUT2D eigenvalue weighted by Crippen LogP contribution is -2.44. The smallest absolute Gasteiger partial charge is 0.252 e. The predicted molar refractivity (Wildman–Crippen MR) is 101 cm³/mol. The molecule has 1 amide bonds. The molecular weight excluding hydrogens is 316 g/mol. The molecule has 24 heavy (non-hydrogen) atoms. The Bertz CT molecular complexity index is 657. The largest absolute Gasteiger partial charge is 0.349 e. The molecule has 1 aromatic carbocycles. The van der Waals surface area contributed by atoms with Crippen molar-refractivity contribution in [3.63, 3.8) is 0 Å². The first-order valence-corrected chi connectivity index (χ1v) is 9.65. The summed E-state index contributed by atoms with van der Waals surface area (Å²) in [6.45, 7) is 7.41. The van der Waals surface area contributed by atoms with Crippen LogP contribution in [-0.2, 0) is 6.54 Å². The number of rotatable bonds is 5. The topological polar surface area (TPSA) is 32.3 Å². The Kier molecular flexibility index (Phi) is 5.69. The second-order valence-electron chi connectivity index (χ2n) is 6.90. The number of amides is 1. The first-order chi connectivity index (χ1) is 11.6. The number of carbonyl (C=O) groups is 1. The molecule has 1 aromatic heterocycles. The Labute approximate surface area is 148 Å². The molecule has 0 aliphatic carbocycles. The zero-order valence-corrected chi connectivity index (χ0v) is 15.3. The van der Waals surface area contributed by atoms with E-state index in [0.29, 0.717) is 12.0 Å². The summed E-state index contributed by atoms with van der Waals surface area (Å²) in [7, 11) is 0. The third kappa shape index (κ3) is 4.46. The molecule has 128 valence electrons. The van der Waals surface area contributed by atoms with Gasteiger partial charge in [0.1, 0.15) is 0 Å². The molecule has 0 atom stereocenters. The monoisotopic (exact) mass is 342 g/mol. The van der Waals surface area contributed by atoms with Crippen molar-refractivity contribution in [1.82, 2.24) is 10.2 Å². The fraction of sp³-hybridized carbons (Fsp3) is 0.450. The van der Waals surface area contributed by atoms with Crippen LogP contribution in [0.3, 0.4) is 0 Å². The van der Waals surface area contributed by atoms with Gasteiger partial charge in [-0.05, 0) is 30.4 Å². The molecule has 0 bridgehead atoms. The zero-order chi connectivity index (χ0) is 16.9. The summed E-state index contributed by atoms with van der Waals surface area (Å²) in [5.74, 6) is 0.567. The van der Waals surface area contributed by atoms with Gasteiger partial charge in [-0.15, -0.1) is 11.3 Å². The van der Waals surface area contributed by atoms with Crippen molar-refractivity contribution in [2.24, 2.45) is 0 Å². The number of hydrogen-bond donors (Lipinski definition) is 1. The highest BCUT2D eigenvalue weighted by Gasteiger charge is 2.21. The third-order valence-electron chi connectivity index (χ3n) is 4.62. The fourth-order valence-corrected chi connectivity index (χ4v) is 4.03. The summed E-state index contributed by atoms with van der Waals surface area (Å²) in [6.07, 6.45) is 2.06. The van der Waals surface area contributed by atoms with E-state index in [4.69, 9.17) is 0 Å². The van der Waals surface area contributed by atoms with Crippen LogP contribution >= 0.6 is 11.3 Å². The predicted octanol–water partition coefficient (Wildman–Crippen LogP) is 4.27. The quantitative estimate of drug-likeness (QED) is 0.880.